The van der Waals surface area contributed by atoms with Gasteiger partial charge in [-0.1, -0.05) is 0 Å². The summed E-state index contributed by atoms with van der Waals surface area (Å²) in [6, 6.07) is 1.91. The van der Waals surface area contributed by atoms with Gasteiger partial charge in [0.25, 0.3) is 5.91 Å². The number of rotatable bonds is 6. The Balaban J connectivity index is 1.60. The van der Waals surface area contributed by atoms with Crippen molar-refractivity contribution in [2.24, 2.45) is 7.05 Å². The smallest absolute Gasteiger partial charge is 0.269 e. The second-order valence-corrected chi connectivity index (χ2v) is 7.02. The van der Waals surface area contributed by atoms with Gasteiger partial charge in [0.2, 0.25) is 5.13 Å². The van der Waals surface area contributed by atoms with E-state index < -0.39 is 0 Å². The summed E-state index contributed by atoms with van der Waals surface area (Å²) in [6.07, 6.45) is 2.71. The Morgan fingerprint density at radius 3 is 3.08 bits per heavy atom. The van der Waals surface area contributed by atoms with E-state index in [1.165, 1.54) is 11.5 Å². The number of amides is 1. The van der Waals surface area contributed by atoms with E-state index in [1.54, 1.807) is 18.8 Å². The molecule has 2 aromatic rings. The minimum Gasteiger partial charge on any atom is -0.384 e. The second kappa shape index (κ2) is 7.92. The van der Waals surface area contributed by atoms with E-state index in [-0.39, 0.29) is 11.9 Å². The van der Waals surface area contributed by atoms with Gasteiger partial charge in [-0.15, -0.1) is 0 Å². The average Bonchev–Trinajstić information content (AvgIpc) is 3.19. The predicted molar refractivity (Wildman–Crippen MR) is 96.1 cm³/mol. The van der Waals surface area contributed by atoms with Crippen molar-refractivity contribution >= 4 is 22.6 Å². The summed E-state index contributed by atoms with van der Waals surface area (Å²) in [5.74, 6) is 0.742. The number of piperidine rings is 1. The first-order valence-electron chi connectivity index (χ1n) is 8.45. The fourth-order valence-electron chi connectivity index (χ4n) is 3.02. The molecule has 1 N–H and O–H groups in total. The third-order valence-corrected chi connectivity index (χ3v) is 5.06. The number of nitrogens with one attached hydrogen (secondary N) is 1. The van der Waals surface area contributed by atoms with Crippen LogP contribution in [0.4, 0.5) is 5.13 Å². The summed E-state index contributed by atoms with van der Waals surface area (Å²) in [6.45, 7) is 4.20. The standard InChI is InChI=1S/C16H24N6O2S/c1-11-9-13(21(2)19-11)15(23)17-12-5-4-7-22(10-12)16-18-14(20-25-16)6-8-24-3/h9,12H,4-8,10H2,1-3H3,(H,17,23). The fourth-order valence-corrected chi connectivity index (χ4v) is 3.77. The van der Waals surface area contributed by atoms with Crippen molar-refractivity contribution < 1.29 is 9.53 Å². The summed E-state index contributed by atoms with van der Waals surface area (Å²) < 4.78 is 11.1. The number of aromatic nitrogens is 4. The zero-order chi connectivity index (χ0) is 17.8. The number of ether oxygens (including phenoxy) is 1. The Bertz CT molecular complexity index is 728. The van der Waals surface area contributed by atoms with E-state index in [4.69, 9.17) is 4.74 Å². The molecule has 25 heavy (non-hydrogen) atoms. The topological polar surface area (TPSA) is 85.2 Å². The number of carbonyl (C=O) groups is 1. The maximum absolute atomic E-state index is 12.5. The van der Waals surface area contributed by atoms with Gasteiger partial charge < -0.3 is 15.0 Å². The molecule has 1 atom stereocenters. The minimum absolute atomic E-state index is 0.0759. The Morgan fingerprint density at radius 1 is 1.52 bits per heavy atom. The first kappa shape index (κ1) is 17.8. The van der Waals surface area contributed by atoms with Crippen LogP contribution >= 0.6 is 11.5 Å². The van der Waals surface area contributed by atoms with Crippen LogP contribution in [0, 0.1) is 6.92 Å². The molecule has 0 bridgehead atoms. The maximum Gasteiger partial charge on any atom is 0.269 e. The first-order valence-corrected chi connectivity index (χ1v) is 9.22. The molecule has 0 radical (unpaired) electrons. The monoisotopic (exact) mass is 364 g/mol. The molecule has 0 aliphatic carbocycles. The normalized spacial score (nSPS) is 17.7. The Labute approximate surface area is 151 Å². The molecular weight excluding hydrogens is 340 g/mol. The van der Waals surface area contributed by atoms with Gasteiger partial charge in [0, 0.05) is 51.2 Å². The minimum atomic E-state index is -0.0759. The lowest BCUT2D eigenvalue weighted by Crippen LogP contribution is -2.48. The van der Waals surface area contributed by atoms with Gasteiger partial charge in [-0.3, -0.25) is 9.48 Å². The molecule has 3 rings (SSSR count). The lowest BCUT2D eigenvalue weighted by molar-refractivity contribution is 0.0923. The van der Waals surface area contributed by atoms with Crippen molar-refractivity contribution in [1.29, 1.82) is 0 Å². The number of methoxy groups -OCH3 is 1. The largest absolute Gasteiger partial charge is 0.384 e. The van der Waals surface area contributed by atoms with Crippen molar-refractivity contribution in [3.05, 3.63) is 23.3 Å². The van der Waals surface area contributed by atoms with Crippen LogP contribution in [0.25, 0.3) is 0 Å². The van der Waals surface area contributed by atoms with Crippen LogP contribution in [0.15, 0.2) is 6.07 Å². The molecule has 3 heterocycles. The van der Waals surface area contributed by atoms with E-state index in [2.05, 4.69) is 24.7 Å². The van der Waals surface area contributed by atoms with Crippen LogP contribution in [0.2, 0.25) is 0 Å². The number of nitrogens with zero attached hydrogens (tertiary/aromatic N) is 5. The Morgan fingerprint density at radius 2 is 2.36 bits per heavy atom. The molecule has 0 saturated carbocycles. The van der Waals surface area contributed by atoms with E-state index >= 15 is 0 Å². The van der Waals surface area contributed by atoms with Crippen molar-refractivity contribution in [1.82, 2.24) is 24.5 Å². The Kier molecular flexibility index (Phi) is 5.64. The van der Waals surface area contributed by atoms with Crippen LogP contribution < -0.4 is 10.2 Å². The van der Waals surface area contributed by atoms with Crippen molar-refractivity contribution in [2.45, 2.75) is 32.2 Å². The number of hydrogen-bond donors (Lipinski definition) is 1. The van der Waals surface area contributed by atoms with Crippen molar-refractivity contribution in [3.8, 4) is 0 Å². The quantitative estimate of drug-likeness (QED) is 0.828. The molecule has 0 aromatic carbocycles. The average molecular weight is 364 g/mol. The summed E-state index contributed by atoms with van der Waals surface area (Å²) in [5.41, 5.74) is 1.43. The highest BCUT2D eigenvalue weighted by Gasteiger charge is 2.25. The molecule has 9 heteroatoms. The van der Waals surface area contributed by atoms with Gasteiger partial charge >= 0.3 is 0 Å². The van der Waals surface area contributed by atoms with Gasteiger partial charge in [0.15, 0.2) is 0 Å². The fraction of sp³-hybridized carbons (Fsp3) is 0.625. The molecule has 1 saturated heterocycles. The molecule has 0 spiro atoms. The molecule has 8 nitrogen and oxygen atoms in total. The van der Waals surface area contributed by atoms with E-state index in [0.29, 0.717) is 12.3 Å². The zero-order valence-electron chi connectivity index (χ0n) is 14.9. The van der Waals surface area contributed by atoms with Crippen LogP contribution in [0.5, 0.6) is 0 Å². The number of carbonyl (C=O) groups excluding carboxylic acids is 1. The van der Waals surface area contributed by atoms with E-state index in [9.17, 15) is 4.79 Å². The predicted octanol–water partition coefficient (Wildman–Crippen LogP) is 1.17. The molecule has 1 aliphatic rings. The summed E-state index contributed by atoms with van der Waals surface area (Å²) in [4.78, 5) is 19.3. The van der Waals surface area contributed by atoms with Crippen LogP contribution in [-0.4, -0.2) is 57.9 Å². The molecule has 2 aromatic heterocycles. The summed E-state index contributed by atoms with van der Waals surface area (Å²) in [5, 5.41) is 8.28. The van der Waals surface area contributed by atoms with Gasteiger partial charge in [0.1, 0.15) is 11.5 Å². The highest BCUT2D eigenvalue weighted by molar-refractivity contribution is 7.09. The summed E-state index contributed by atoms with van der Waals surface area (Å²) in [7, 11) is 3.47. The van der Waals surface area contributed by atoms with Gasteiger partial charge in [-0.05, 0) is 25.8 Å². The lowest BCUT2D eigenvalue weighted by Gasteiger charge is -2.32. The third-order valence-electron chi connectivity index (χ3n) is 4.25. The first-order chi connectivity index (χ1) is 12.1. The van der Waals surface area contributed by atoms with Gasteiger partial charge in [0.05, 0.1) is 12.3 Å². The highest BCUT2D eigenvalue weighted by Crippen LogP contribution is 2.22. The van der Waals surface area contributed by atoms with Crippen molar-refractivity contribution in [2.75, 3.05) is 31.7 Å². The maximum atomic E-state index is 12.5. The van der Waals surface area contributed by atoms with E-state index in [1.807, 2.05) is 13.0 Å². The molecule has 136 valence electrons. The number of anilines is 1. The third kappa shape index (κ3) is 4.35. The van der Waals surface area contributed by atoms with E-state index in [0.717, 1.165) is 49.0 Å². The lowest BCUT2D eigenvalue weighted by atomic mass is 10.1. The number of hydrogen-bond acceptors (Lipinski definition) is 7. The molecule has 1 amide bonds. The van der Waals surface area contributed by atoms with Crippen LogP contribution in [-0.2, 0) is 18.2 Å². The van der Waals surface area contributed by atoms with Gasteiger partial charge in [-0.25, -0.2) is 4.98 Å². The highest BCUT2D eigenvalue weighted by atomic mass is 32.1. The SMILES string of the molecule is COCCc1nsc(N2CCCC(NC(=O)c3cc(C)nn3C)C2)n1. The second-order valence-electron chi connectivity index (χ2n) is 6.29. The molecule has 1 fully saturated rings. The van der Waals surface area contributed by atoms with Crippen LogP contribution in [0.1, 0.15) is 34.8 Å². The molecule has 1 aliphatic heterocycles. The van der Waals surface area contributed by atoms with Gasteiger partial charge in [-0.2, -0.15) is 9.47 Å². The Hall–Kier alpha value is -2.00. The van der Waals surface area contributed by atoms with Crippen LogP contribution in [0.3, 0.4) is 0 Å². The molecule has 1 unspecified atom stereocenters. The summed E-state index contributed by atoms with van der Waals surface area (Å²) >= 11 is 1.41. The zero-order valence-corrected chi connectivity index (χ0v) is 15.7. The molecular formula is C16H24N6O2S. The van der Waals surface area contributed by atoms with Crippen molar-refractivity contribution in [3.63, 3.8) is 0 Å². The number of aryl methyl sites for hydroxylation is 2.